The predicted molar refractivity (Wildman–Crippen MR) is 77.6 cm³/mol. The minimum Gasteiger partial charge on any atom is -0.466 e. The highest BCUT2D eigenvalue weighted by molar-refractivity contribution is 9.10. The van der Waals surface area contributed by atoms with Crippen molar-refractivity contribution in [2.45, 2.75) is 45.4 Å². The molecule has 112 valence electrons. The molecule has 2 nitrogen and oxygen atoms in total. The number of carbonyl (C=O) groups excluding carboxylic acids is 1. The van der Waals surface area contributed by atoms with E-state index in [9.17, 15) is 13.6 Å². The van der Waals surface area contributed by atoms with E-state index in [0.29, 0.717) is 23.9 Å². The summed E-state index contributed by atoms with van der Waals surface area (Å²) in [6, 6.07) is 2.51. The number of rotatable bonds is 6. The van der Waals surface area contributed by atoms with Gasteiger partial charge in [-0.15, -0.1) is 0 Å². The second-order valence-corrected chi connectivity index (χ2v) is 6.20. The summed E-state index contributed by atoms with van der Waals surface area (Å²) in [4.78, 5) is 11.3. The van der Waals surface area contributed by atoms with Crippen LogP contribution in [0.15, 0.2) is 16.6 Å². The van der Waals surface area contributed by atoms with Gasteiger partial charge < -0.3 is 4.74 Å². The molecule has 0 aliphatic carbocycles. The summed E-state index contributed by atoms with van der Waals surface area (Å²) >= 11 is 3.06. The molecule has 0 aliphatic heterocycles. The summed E-state index contributed by atoms with van der Waals surface area (Å²) in [6.07, 6.45) is 1.29. The number of carbonyl (C=O) groups is 1. The summed E-state index contributed by atoms with van der Waals surface area (Å²) in [7, 11) is 0. The first-order chi connectivity index (χ1) is 9.27. The van der Waals surface area contributed by atoms with Crippen LogP contribution in [-0.4, -0.2) is 12.6 Å². The maximum absolute atomic E-state index is 14.0. The Labute approximate surface area is 126 Å². The van der Waals surface area contributed by atoms with Gasteiger partial charge in [0.1, 0.15) is 11.6 Å². The number of halogens is 3. The lowest BCUT2D eigenvalue weighted by Gasteiger charge is -2.26. The molecule has 0 amide bonds. The normalized spacial score (nSPS) is 11.5. The van der Waals surface area contributed by atoms with Crippen molar-refractivity contribution in [3.8, 4) is 0 Å². The second-order valence-electron chi connectivity index (χ2n) is 5.29. The van der Waals surface area contributed by atoms with E-state index in [1.165, 1.54) is 12.1 Å². The highest BCUT2D eigenvalue weighted by atomic mass is 79.9. The molecule has 0 aromatic heterocycles. The second kappa shape index (κ2) is 7.16. The number of hydrogen-bond acceptors (Lipinski definition) is 2. The molecule has 0 heterocycles. The van der Waals surface area contributed by atoms with Crippen LogP contribution in [0.25, 0.3) is 0 Å². The molecule has 0 fully saturated rings. The van der Waals surface area contributed by atoms with Crippen LogP contribution in [0.4, 0.5) is 8.78 Å². The molecule has 0 saturated heterocycles. The first-order valence-corrected chi connectivity index (χ1v) is 7.38. The minimum atomic E-state index is -0.679. The van der Waals surface area contributed by atoms with Crippen molar-refractivity contribution < 1.29 is 18.3 Å². The molecular weight excluding hydrogens is 330 g/mol. The fourth-order valence-corrected chi connectivity index (χ4v) is 2.62. The van der Waals surface area contributed by atoms with E-state index in [0.717, 1.165) is 0 Å². The number of esters is 1. The summed E-state index contributed by atoms with van der Waals surface area (Å²) in [5, 5.41) is 0. The number of hydrogen-bond donors (Lipinski definition) is 0. The average molecular weight is 349 g/mol. The molecule has 0 aliphatic rings. The third-order valence-corrected chi connectivity index (χ3v) is 3.63. The molecule has 0 saturated carbocycles. The van der Waals surface area contributed by atoms with Gasteiger partial charge in [0.2, 0.25) is 0 Å². The van der Waals surface area contributed by atoms with Crippen molar-refractivity contribution in [2.75, 3.05) is 6.61 Å². The Hall–Kier alpha value is -0.970. The Morgan fingerprint density at radius 1 is 1.30 bits per heavy atom. The van der Waals surface area contributed by atoms with E-state index in [1.807, 2.05) is 0 Å². The molecular formula is C15H19BrF2O2. The van der Waals surface area contributed by atoms with E-state index >= 15 is 0 Å². The zero-order chi connectivity index (χ0) is 15.3. The zero-order valence-electron chi connectivity index (χ0n) is 11.9. The molecule has 20 heavy (non-hydrogen) atoms. The Morgan fingerprint density at radius 3 is 2.35 bits per heavy atom. The quantitative estimate of drug-likeness (QED) is 0.694. The van der Waals surface area contributed by atoms with E-state index < -0.39 is 17.0 Å². The molecule has 0 atom stereocenters. The van der Waals surface area contributed by atoms with Crippen molar-refractivity contribution in [1.82, 2.24) is 0 Å². The third kappa shape index (κ3) is 4.54. The molecule has 1 aromatic rings. The average Bonchev–Trinajstić information content (AvgIpc) is 2.26. The lowest BCUT2D eigenvalue weighted by Crippen LogP contribution is -2.21. The lowest BCUT2D eigenvalue weighted by atomic mass is 9.79. The van der Waals surface area contributed by atoms with Crippen LogP contribution in [0.3, 0.4) is 0 Å². The zero-order valence-corrected chi connectivity index (χ0v) is 13.5. The highest BCUT2D eigenvalue weighted by Gasteiger charge is 2.28. The van der Waals surface area contributed by atoms with Crippen molar-refractivity contribution in [2.24, 2.45) is 0 Å². The minimum absolute atomic E-state index is 0.0598. The molecule has 0 bridgehead atoms. The van der Waals surface area contributed by atoms with Crippen LogP contribution in [0, 0.1) is 11.6 Å². The number of benzene rings is 1. The van der Waals surface area contributed by atoms with Crippen molar-refractivity contribution in [3.63, 3.8) is 0 Å². The molecule has 0 spiro atoms. The third-order valence-electron chi connectivity index (χ3n) is 3.17. The van der Waals surface area contributed by atoms with Gasteiger partial charge in [-0.25, -0.2) is 8.78 Å². The monoisotopic (exact) mass is 348 g/mol. The Bertz CT molecular complexity index is 464. The Balaban J connectivity index is 2.76. The van der Waals surface area contributed by atoms with Crippen LogP contribution in [0.5, 0.6) is 0 Å². The topological polar surface area (TPSA) is 26.3 Å². The van der Waals surface area contributed by atoms with Crippen molar-refractivity contribution in [3.05, 3.63) is 33.8 Å². The molecule has 1 rings (SSSR count). The van der Waals surface area contributed by atoms with Gasteiger partial charge in [-0.3, -0.25) is 4.79 Å². The predicted octanol–water partition coefficient (Wildman–Crippen LogP) is 4.74. The van der Waals surface area contributed by atoms with Gasteiger partial charge in [0.15, 0.2) is 0 Å². The van der Waals surface area contributed by atoms with Gasteiger partial charge in [-0.05, 0) is 37.3 Å². The summed E-state index contributed by atoms with van der Waals surface area (Å²) in [5.41, 5.74) is -0.619. The maximum Gasteiger partial charge on any atom is 0.305 e. The molecule has 1 aromatic carbocycles. The standard InChI is InChI=1S/C15H19BrF2O2/c1-4-20-13(19)6-5-7-15(2,3)14-11(17)8-10(16)9-12(14)18/h8-9H,4-7H2,1-3H3. The SMILES string of the molecule is CCOC(=O)CCCC(C)(C)c1c(F)cc(Br)cc1F. The lowest BCUT2D eigenvalue weighted by molar-refractivity contribution is -0.143. The van der Waals surface area contributed by atoms with Crippen LogP contribution in [0.2, 0.25) is 0 Å². The van der Waals surface area contributed by atoms with Crippen LogP contribution < -0.4 is 0 Å². The van der Waals surface area contributed by atoms with Gasteiger partial charge >= 0.3 is 5.97 Å². The molecule has 0 radical (unpaired) electrons. The van der Waals surface area contributed by atoms with Gasteiger partial charge in [-0.1, -0.05) is 29.8 Å². The van der Waals surface area contributed by atoms with Crippen LogP contribution in [0.1, 0.15) is 45.6 Å². The van der Waals surface area contributed by atoms with Gasteiger partial charge in [-0.2, -0.15) is 0 Å². The van der Waals surface area contributed by atoms with Gasteiger partial charge in [0.25, 0.3) is 0 Å². The number of ether oxygens (including phenoxy) is 1. The molecule has 0 N–H and O–H groups in total. The van der Waals surface area contributed by atoms with E-state index in [1.54, 1.807) is 20.8 Å². The largest absolute Gasteiger partial charge is 0.466 e. The van der Waals surface area contributed by atoms with Crippen molar-refractivity contribution >= 4 is 21.9 Å². The van der Waals surface area contributed by atoms with E-state index in [-0.39, 0.29) is 18.0 Å². The maximum atomic E-state index is 14.0. The first kappa shape index (κ1) is 17.1. The van der Waals surface area contributed by atoms with Gasteiger partial charge in [0, 0.05) is 16.5 Å². The fraction of sp³-hybridized carbons (Fsp3) is 0.533. The molecule has 0 unspecified atom stereocenters. The van der Waals surface area contributed by atoms with Gasteiger partial charge in [0.05, 0.1) is 6.61 Å². The van der Waals surface area contributed by atoms with Crippen LogP contribution >= 0.6 is 15.9 Å². The van der Waals surface area contributed by atoms with E-state index in [2.05, 4.69) is 15.9 Å². The Kier molecular flexibility index (Phi) is 6.11. The summed E-state index contributed by atoms with van der Waals surface area (Å²) in [6.45, 7) is 5.63. The van der Waals surface area contributed by atoms with Crippen molar-refractivity contribution in [1.29, 1.82) is 0 Å². The summed E-state index contributed by atoms with van der Waals surface area (Å²) < 4.78 is 33.1. The van der Waals surface area contributed by atoms with Crippen LogP contribution in [-0.2, 0) is 14.9 Å². The smallest absolute Gasteiger partial charge is 0.305 e. The highest BCUT2D eigenvalue weighted by Crippen LogP contribution is 2.34. The Morgan fingerprint density at radius 2 is 1.85 bits per heavy atom. The fourth-order valence-electron chi connectivity index (χ4n) is 2.22. The first-order valence-electron chi connectivity index (χ1n) is 6.58. The van der Waals surface area contributed by atoms with E-state index in [4.69, 9.17) is 4.74 Å². The molecule has 5 heteroatoms. The summed E-state index contributed by atoms with van der Waals surface area (Å²) in [5.74, 6) is -1.42.